The first-order chi connectivity index (χ1) is 15.5. The summed E-state index contributed by atoms with van der Waals surface area (Å²) in [6.07, 6.45) is 1.79. The molecule has 0 saturated heterocycles. The van der Waals surface area contributed by atoms with E-state index in [1.807, 2.05) is 56.3 Å². The van der Waals surface area contributed by atoms with E-state index in [-0.39, 0.29) is 18.3 Å². The molecule has 1 aliphatic rings. The molecule has 0 spiro atoms. The van der Waals surface area contributed by atoms with Crippen molar-refractivity contribution >= 4 is 23.4 Å². The van der Waals surface area contributed by atoms with Crippen molar-refractivity contribution in [3.05, 3.63) is 95.3 Å². The molecule has 0 saturated carbocycles. The molecule has 3 aromatic carbocycles. The predicted octanol–water partition coefficient (Wildman–Crippen LogP) is 5.61. The summed E-state index contributed by atoms with van der Waals surface area (Å²) >= 11 is 0. The van der Waals surface area contributed by atoms with Gasteiger partial charge >= 0.3 is 0 Å². The molecular weight excluding hydrogens is 407 g/mol. The highest BCUT2D eigenvalue weighted by Gasteiger charge is 2.28. The van der Waals surface area contributed by atoms with Crippen molar-refractivity contribution in [1.29, 1.82) is 0 Å². The highest BCUT2D eigenvalue weighted by molar-refractivity contribution is 6.32. The van der Waals surface area contributed by atoms with Crippen LogP contribution in [-0.4, -0.2) is 18.2 Å². The number of hydrazone groups is 1. The maximum atomic E-state index is 13.4. The minimum Gasteiger partial charge on any atom is -0.490 e. The fourth-order valence-electron chi connectivity index (χ4n) is 3.38. The number of amides is 1. The average Bonchev–Trinajstić information content (AvgIpc) is 3.08. The van der Waals surface area contributed by atoms with Crippen LogP contribution in [0.5, 0.6) is 11.5 Å². The van der Waals surface area contributed by atoms with Crippen molar-refractivity contribution in [2.24, 2.45) is 5.10 Å². The van der Waals surface area contributed by atoms with E-state index < -0.39 is 0 Å². The molecule has 1 aliphatic heterocycles. The van der Waals surface area contributed by atoms with Crippen LogP contribution in [0.15, 0.2) is 83.5 Å². The molecule has 0 bridgehead atoms. The zero-order valence-electron chi connectivity index (χ0n) is 17.9. The van der Waals surface area contributed by atoms with Crippen molar-refractivity contribution in [1.82, 2.24) is 0 Å². The van der Waals surface area contributed by atoms with E-state index in [4.69, 9.17) is 9.47 Å². The van der Waals surface area contributed by atoms with Crippen LogP contribution in [0.4, 0.5) is 10.1 Å². The molecule has 0 N–H and O–H groups in total. The second kappa shape index (κ2) is 9.47. The van der Waals surface area contributed by atoms with E-state index in [2.05, 4.69) is 5.10 Å². The molecule has 162 valence electrons. The van der Waals surface area contributed by atoms with Crippen LogP contribution in [0, 0.1) is 5.82 Å². The Bertz CT molecular complexity index is 1190. The predicted molar refractivity (Wildman–Crippen MR) is 123 cm³/mol. The number of halogens is 1. The summed E-state index contributed by atoms with van der Waals surface area (Å²) in [4.78, 5) is 12.9. The molecule has 0 fully saturated rings. The van der Waals surface area contributed by atoms with Crippen molar-refractivity contribution in [3.63, 3.8) is 0 Å². The molecule has 0 unspecified atom stereocenters. The van der Waals surface area contributed by atoms with E-state index in [9.17, 15) is 9.18 Å². The second-order valence-corrected chi connectivity index (χ2v) is 7.25. The summed E-state index contributed by atoms with van der Waals surface area (Å²) in [7, 11) is 0. The minimum absolute atomic E-state index is 0.182. The van der Waals surface area contributed by atoms with Crippen LogP contribution < -0.4 is 14.5 Å². The van der Waals surface area contributed by atoms with E-state index in [1.165, 1.54) is 17.1 Å². The summed E-state index contributed by atoms with van der Waals surface area (Å²) in [5, 5.41) is 5.81. The van der Waals surface area contributed by atoms with Crippen LogP contribution in [-0.2, 0) is 11.4 Å². The Morgan fingerprint density at radius 1 is 0.969 bits per heavy atom. The third-order valence-electron chi connectivity index (χ3n) is 4.93. The quantitative estimate of drug-likeness (QED) is 0.458. The van der Waals surface area contributed by atoms with E-state index >= 15 is 0 Å². The number of benzene rings is 3. The monoisotopic (exact) mass is 430 g/mol. The zero-order chi connectivity index (χ0) is 22.5. The molecule has 3 aromatic rings. The lowest BCUT2D eigenvalue weighted by Crippen LogP contribution is -2.21. The van der Waals surface area contributed by atoms with Crippen molar-refractivity contribution < 1.29 is 18.7 Å². The van der Waals surface area contributed by atoms with Crippen LogP contribution in [0.25, 0.3) is 6.08 Å². The van der Waals surface area contributed by atoms with Gasteiger partial charge in [-0.1, -0.05) is 36.4 Å². The van der Waals surface area contributed by atoms with E-state index in [1.54, 1.807) is 24.3 Å². The van der Waals surface area contributed by atoms with Gasteiger partial charge in [-0.15, -0.1) is 0 Å². The Morgan fingerprint density at radius 3 is 2.53 bits per heavy atom. The SMILES string of the molecule is CCOc1cc(C=C2C(=O)N(c3ccccc3)N=C2C)ccc1OCc1cccc(F)c1. The lowest BCUT2D eigenvalue weighted by Gasteiger charge is -2.13. The fourth-order valence-corrected chi connectivity index (χ4v) is 3.38. The number of anilines is 1. The van der Waals surface area contributed by atoms with Gasteiger partial charge in [0.1, 0.15) is 12.4 Å². The fraction of sp³-hybridized carbons (Fsp3) is 0.154. The summed E-state index contributed by atoms with van der Waals surface area (Å²) in [5.74, 6) is 0.615. The molecule has 5 nitrogen and oxygen atoms in total. The molecule has 32 heavy (non-hydrogen) atoms. The van der Waals surface area contributed by atoms with Gasteiger partial charge in [-0.25, -0.2) is 4.39 Å². The summed E-state index contributed by atoms with van der Waals surface area (Å²) in [5.41, 5.74) is 3.40. The van der Waals surface area contributed by atoms with Crippen LogP contribution >= 0.6 is 0 Å². The Kier molecular flexibility index (Phi) is 6.31. The lowest BCUT2D eigenvalue weighted by molar-refractivity contribution is -0.114. The Labute approximate surface area is 186 Å². The molecule has 0 aliphatic carbocycles. The summed E-state index contributed by atoms with van der Waals surface area (Å²) in [6, 6.07) is 21.1. The number of para-hydroxylation sites is 1. The van der Waals surface area contributed by atoms with Crippen LogP contribution in [0.1, 0.15) is 25.0 Å². The molecule has 1 heterocycles. The van der Waals surface area contributed by atoms with Crippen LogP contribution in [0.3, 0.4) is 0 Å². The maximum absolute atomic E-state index is 13.4. The number of hydrogen-bond acceptors (Lipinski definition) is 4. The average molecular weight is 430 g/mol. The van der Waals surface area contributed by atoms with E-state index in [0.29, 0.717) is 29.4 Å². The third kappa shape index (κ3) is 4.70. The maximum Gasteiger partial charge on any atom is 0.280 e. The van der Waals surface area contributed by atoms with Gasteiger partial charge in [-0.3, -0.25) is 4.79 Å². The van der Waals surface area contributed by atoms with Gasteiger partial charge in [0.25, 0.3) is 5.91 Å². The number of carbonyl (C=O) groups is 1. The van der Waals surface area contributed by atoms with Gasteiger partial charge in [0.05, 0.1) is 23.6 Å². The number of hydrogen-bond donors (Lipinski definition) is 0. The number of rotatable bonds is 7. The van der Waals surface area contributed by atoms with Gasteiger partial charge in [-0.2, -0.15) is 10.1 Å². The zero-order valence-corrected chi connectivity index (χ0v) is 17.9. The smallest absolute Gasteiger partial charge is 0.280 e. The molecule has 6 heteroatoms. The Balaban J connectivity index is 1.56. The lowest BCUT2D eigenvalue weighted by atomic mass is 10.1. The summed E-state index contributed by atoms with van der Waals surface area (Å²) < 4.78 is 25.0. The molecule has 0 atom stereocenters. The van der Waals surface area contributed by atoms with Gasteiger partial charge in [0.2, 0.25) is 0 Å². The first-order valence-electron chi connectivity index (χ1n) is 10.4. The topological polar surface area (TPSA) is 51.1 Å². The number of nitrogens with zero attached hydrogens (tertiary/aromatic N) is 2. The van der Waals surface area contributed by atoms with Crippen molar-refractivity contribution in [2.75, 3.05) is 11.6 Å². The molecule has 4 rings (SSSR count). The van der Waals surface area contributed by atoms with Gasteiger partial charge < -0.3 is 9.47 Å². The highest BCUT2D eigenvalue weighted by atomic mass is 19.1. The third-order valence-corrected chi connectivity index (χ3v) is 4.93. The summed E-state index contributed by atoms with van der Waals surface area (Å²) in [6.45, 7) is 4.37. The molecular formula is C26H23FN2O3. The first kappa shape index (κ1) is 21.3. The normalized spacial score (nSPS) is 14.6. The van der Waals surface area contributed by atoms with Gasteiger partial charge in [0.15, 0.2) is 11.5 Å². The highest BCUT2D eigenvalue weighted by Crippen LogP contribution is 2.31. The molecule has 0 radical (unpaired) electrons. The number of carbonyl (C=O) groups excluding carboxylic acids is 1. The minimum atomic E-state index is -0.305. The molecule has 1 amide bonds. The number of ether oxygens (including phenoxy) is 2. The van der Waals surface area contributed by atoms with Crippen molar-refractivity contribution in [2.45, 2.75) is 20.5 Å². The Hall–Kier alpha value is -3.93. The van der Waals surface area contributed by atoms with Gasteiger partial charge in [-0.05, 0) is 67.4 Å². The Morgan fingerprint density at radius 2 is 1.78 bits per heavy atom. The van der Waals surface area contributed by atoms with Crippen molar-refractivity contribution in [3.8, 4) is 11.5 Å². The van der Waals surface area contributed by atoms with E-state index in [0.717, 1.165) is 16.8 Å². The largest absolute Gasteiger partial charge is 0.490 e. The van der Waals surface area contributed by atoms with Crippen LogP contribution in [0.2, 0.25) is 0 Å². The standard InChI is InChI=1S/C26H23FN2O3/c1-3-31-25-16-19(12-13-24(25)32-17-20-8-7-9-21(27)14-20)15-23-18(2)28-29(26(23)30)22-10-5-4-6-11-22/h4-16H,3,17H2,1-2H3. The van der Waals surface area contributed by atoms with Gasteiger partial charge in [0, 0.05) is 0 Å². The second-order valence-electron chi connectivity index (χ2n) is 7.25. The first-order valence-corrected chi connectivity index (χ1v) is 10.4. The molecule has 0 aromatic heterocycles.